The lowest BCUT2D eigenvalue weighted by Crippen LogP contribution is -2.36. The maximum atomic E-state index is 13.5. The summed E-state index contributed by atoms with van der Waals surface area (Å²) in [6, 6.07) is 12.4. The van der Waals surface area contributed by atoms with E-state index in [2.05, 4.69) is 44.8 Å². The van der Waals surface area contributed by atoms with Crippen LogP contribution in [0.15, 0.2) is 47.1 Å². The van der Waals surface area contributed by atoms with Crippen LogP contribution in [-0.4, -0.2) is 25.9 Å². The lowest BCUT2D eigenvalue weighted by Gasteiger charge is -2.23. The molecule has 33 heavy (non-hydrogen) atoms. The Morgan fingerprint density at radius 1 is 0.909 bits per heavy atom. The lowest BCUT2D eigenvalue weighted by atomic mass is 9.93. The minimum atomic E-state index is -1.54. The molecule has 0 aliphatic carbocycles. The molecule has 1 unspecified atom stereocenters. The van der Waals surface area contributed by atoms with Gasteiger partial charge in [0.1, 0.15) is 8.07 Å². The number of carbonyl (C=O) groups excluding carboxylic acids is 1. The van der Waals surface area contributed by atoms with Crippen LogP contribution in [-0.2, 0) is 11.3 Å². The van der Waals surface area contributed by atoms with E-state index >= 15 is 0 Å². The van der Waals surface area contributed by atoms with Gasteiger partial charge in [-0.2, -0.15) is 0 Å². The molecule has 1 aromatic carbocycles. The molecule has 1 atom stereocenters. The molecule has 184 valence electrons. The van der Waals surface area contributed by atoms with Crippen molar-refractivity contribution >= 4 is 19.4 Å². The topological polar surface area (TPSA) is 33.5 Å². The van der Waals surface area contributed by atoms with Crippen molar-refractivity contribution < 1.29 is 9.21 Å². The number of benzene rings is 1. The van der Waals surface area contributed by atoms with Crippen LogP contribution in [0.1, 0.15) is 94.6 Å². The van der Waals surface area contributed by atoms with E-state index in [9.17, 15) is 4.79 Å². The summed E-state index contributed by atoms with van der Waals surface area (Å²) in [4.78, 5) is 15.4. The number of nitrogens with zero attached hydrogens (tertiary/aromatic N) is 1. The highest BCUT2D eigenvalue weighted by molar-refractivity contribution is 6.87. The average molecular weight is 470 g/mol. The summed E-state index contributed by atoms with van der Waals surface area (Å²) in [7, 11) is 0.393. The Morgan fingerprint density at radius 2 is 1.48 bits per heavy atom. The summed E-state index contributed by atoms with van der Waals surface area (Å²) >= 11 is 0. The van der Waals surface area contributed by atoms with Gasteiger partial charge in [-0.1, -0.05) is 121 Å². The van der Waals surface area contributed by atoms with Gasteiger partial charge in [0.05, 0.1) is 17.6 Å². The van der Waals surface area contributed by atoms with Crippen molar-refractivity contribution in [1.82, 2.24) is 4.90 Å². The van der Waals surface area contributed by atoms with Crippen LogP contribution in [0.3, 0.4) is 0 Å². The quantitative estimate of drug-likeness (QED) is 0.185. The first-order valence-electron chi connectivity index (χ1n) is 13.2. The largest absolute Gasteiger partial charge is 0.474 e. The molecule has 2 aromatic rings. The van der Waals surface area contributed by atoms with Crippen LogP contribution in [0.2, 0.25) is 19.6 Å². The van der Waals surface area contributed by atoms with E-state index in [-0.39, 0.29) is 11.8 Å². The zero-order valence-electron chi connectivity index (χ0n) is 21.9. The van der Waals surface area contributed by atoms with E-state index < -0.39 is 8.07 Å². The van der Waals surface area contributed by atoms with E-state index in [1.807, 2.05) is 36.4 Å². The number of likely N-dealkylation sites (N-methyl/N-ethyl adjacent to an activating group) is 1. The molecule has 2 rings (SSSR count). The van der Waals surface area contributed by atoms with Crippen LogP contribution in [0, 0.1) is 0 Å². The molecule has 4 heteroatoms. The maximum absolute atomic E-state index is 13.5. The fourth-order valence-corrected chi connectivity index (χ4v) is 5.41. The number of unbranched alkanes of at least 4 members (excludes halogenated alkanes) is 9. The molecular formula is C29H47NO2Si. The summed E-state index contributed by atoms with van der Waals surface area (Å²) in [5.41, 5.74) is 2.23. The molecule has 1 heterocycles. The third-order valence-corrected chi connectivity index (χ3v) is 8.29. The Kier molecular flexibility index (Phi) is 12.0. The molecule has 0 spiro atoms. The van der Waals surface area contributed by atoms with Crippen molar-refractivity contribution in [2.45, 2.75) is 110 Å². The smallest absolute Gasteiger partial charge is 0.230 e. The molecule has 3 nitrogen and oxygen atoms in total. The van der Waals surface area contributed by atoms with Crippen molar-refractivity contribution in [2.75, 3.05) is 7.05 Å². The normalized spacial score (nSPS) is 12.6. The number of hydrogen-bond donors (Lipinski definition) is 0. The Balaban J connectivity index is 1.91. The molecular weight excluding hydrogens is 422 g/mol. The number of carbonyl (C=O) groups is 1. The number of amides is 1. The summed E-state index contributed by atoms with van der Waals surface area (Å²) in [5.74, 6) is 0.0966. The first kappa shape index (κ1) is 27.4. The van der Waals surface area contributed by atoms with Crippen molar-refractivity contribution in [3.8, 4) is 0 Å². The molecule has 0 bridgehead atoms. The number of hydrogen-bond acceptors (Lipinski definition) is 2. The predicted octanol–water partition coefficient (Wildman–Crippen LogP) is 7.88. The van der Waals surface area contributed by atoms with Crippen LogP contribution in [0.25, 0.3) is 0 Å². The fraction of sp³-hybridized carbons (Fsp3) is 0.621. The summed E-state index contributed by atoms with van der Waals surface area (Å²) in [6.07, 6.45) is 15.9. The number of rotatable bonds is 16. The molecule has 0 aliphatic rings. The Morgan fingerprint density at radius 3 is 2.03 bits per heavy atom. The monoisotopic (exact) mass is 469 g/mol. The second kappa shape index (κ2) is 14.4. The molecule has 0 aliphatic heterocycles. The highest BCUT2D eigenvalue weighted by atomic mass is 28.3. The number of furan rings is 1. The SMILES string of the molecule is CCCCCCCCCCCCC(C(=O)N(C)Cc1ccccc1)c1coc([Si](C)(C)C)c1. The van der Waals surface area contributed by atoms with E-state index in [1.165, 1.54) is 63.4 Å². The predicted molar refractivity (Wildman–Crippen MR) is 144 cm³/mol. The van der Waals surface area contributed by atoms with Crippen LogP contribution >= 0.6 is 0 Å². The lowest BCUT2D eigenvalue weighted by molar-refractivity contribution is -0.132. The van der Waals surface area contributed by atoms with E-state index in [1.54, 1.807) is 0 Å². The van der Waals surface area contributed by atoms with Gasteiger partial charge < -0.3 is 9.32 Å². The molecule has 0 saturated heterocycles. The van der Waals surface area contributed by atoms with Crippen molar-refractivity contribution in [2.24, 2.45) is 0 Å². The van der Waals surface area contributed by atoms with Crippen LogP contribution in [0.4, 0.5) is 0 Å². The van der Waals surface area contributed by atoms with Gasteiger partial charge in [-0.25, -0.2) is 0 Å². The highest BCUT2D eigenvalue weighted by Gasteiger charge is 2.28. The minimum absolute atomic E-state index is 0.110. The second-order valence-corrected chi connectivity index (χ2v) is 15.7. The Labute approximate surface area is 204 Å². The standard InChI is InChI=1S/C29H47NO2Si/c1-6-7-8-9-10-11-12-13-14-18-21-27(26-22-28(32-24-26)33(3,4)5)29(31)30(2)23-25-19-16-15-17-20-25/h15-17,19-20,22,24,27H,6-14,18,21,23H2,1-5H3. The molecule has 1 amide bonds. The third kappa shape index (κ3) is 9.91. The van der Waals surface area contributed by atoms with Crippen LogP contribution < -0.4 is 5.38 Å². The molecule has 1 aromatic heterocycles. The molecule has 0 fully saturated rings. The Hall–Kier alpha value is -1.81. The molecule has 0 N–H and O–H groups in total. The van der Waals surface area contributed by atoms with Gasteiger partial charge in [-0.15, -0.1) is 0 Å². The zero-order chi connectivity index (χ0) is 24.1. The zero-order valence-corrected chi connectivity index (χ0v) is 22.9. The van der Waals surface area contributed by atoms with Crippen molar-refractivity contribution in [1.29, 1.82) is 0 Å². The maximum Gasteiger partial charge on any atom is 0.230 e. The van der Waals surface area contributed by atoms with E-state index in [0.29, 0.717) is 6.54 Å². The summed E-state index contributed by atoms with van der Waals surface area (Å²) in [5, 5.41) is 1.09. The summed E-state index contributed by atoms with van der Waals surface area (Å²) < 4.78 is 5.95. The van der Waals surface area contributed by atoms with Gasteiger partial charge in [-0.3, -0.25) is 4.79 Å². The molecule has 0 saturated carbocycles. The third-order valence-electron chi connectivity index (χ3n) is 6.54. The minimum Gasteiger partial charge on any atom is -0.474 e. The van der Waals surface area contributed by atoms with Gasteiger partial charge in [0.25, 0.3) is 0 Å². The van der Waals surface area contributed by atoms with Gasteiger partial charge in [0.2, 0.25) is 5.91 Å². The van der Waals surface area contributed by atoms with E-state index in [4.69, 9.17) is 4.42 Å². The van der Waals surface area contributed by atoms with Gasteiger partial charge in [0, 0.05) is 19.2 Å². The van der Waals surface area contributed by atoms with Crippen molar-refractivity contribution in [3.63, 3.8) is 0 Å². The van der Waals surface area contributed by atoms with Gasteiger partial charge in [0.15, 0.2) is 0 Å². The second-order valence-electron chi connectivity index (χ2n) is 10.7. The summed E-state index contributed by atoms with van der Waals surface area (Å²) in [6.45, 7) is 9.78. The van der Waals surface area contributed by atoms with Crippen molar-refractivity contribution in [3.05, 3.63) is 53.8 Å². The average Bonchev–Trinajstić information content (AvgIpc) is 3.28. The first-order valence-corrected chi connectivity index (χ1v) is 16.7. The molecule has 0 radical (unpaired) electrons. The highest BCUT2D eigenvalue weighted by Crippen LogP contribution is 2.27. The fourth-order valence-electron chi connectivity index (χ4n) is 4.40. The van der Waals surface area contributed by atoms with Gasteiger partial charge in [-0.05, 0) is 18.1 Å². The van der Waals surface area contributed by atoms with E-state index in [0.717, 1.165) is 23.8 Å². The Bertz CT molecular complexity index is 793. The first-order chi connectivity index (χ1) is 15.8. The van der Waals surface area contributed by atoms with Gasteiger partial charge >= 0.3 is 0 Å². The van der Waals surface area contributed by atoms with Crippen LogP contribution in [0.5, 0.6) is 0 Å².